The van der Waals surface area contributed by atoms with E-state index in [0.29, 0.717) is 5.56 Å². The molecule has 0 amide bonds. The van der Waals surface area contributed by atoms with Crippen molar-refractivity contribution in [2.75, 3.05) is 0 Å². The predicted molar refractivity (Wildman–Crippen MR) is 69.1 cm³/mol. The Balaban J connectivity index is 0.00000256. The van der Waals surface area contributed by atoms with E-state index < -0.39 is 0 Å². The molecule has 0 heterocycles. The highest BCUT2D eigenvalue weighted by Crippen LogP contribution is 2.25. The van der Waals surface area contributed by atoms with E-state index in [1.807, 2.05) is 13.8 Å². The Morgan fingerprint density at radius 2 is 1.76 bits per heavy atom. The number of halogens is 1. The van der Waals surface area contributed by atoms with E-state index in [1.54, 1.807) is 6.92 Å². The maximum absolute atomic E-state index is 11.9. The number of aromatic hydroxyl groups is 2. The van der Waals surface area contributed by atoms with Crippen LogP contribution in [0.4, 0.5) is 0 Å². The largest absolute Gasteiger partial charge is 0.504 e. The first kappa shape index (κ1) is 15.7. The third kappa shape index (κ3) is 4.24. The predicted octanol–water partition coefficient (Wildman–Crippen LogP) is 2.09. The minimum atomic E-state index is -0.316. The van der Waals surface area contributed by atoms with E-state index in [2.05, 4.69) is 5.32 Å². The zero-order chi connectivity index (χ0) is 12.3. The second kappa shape index (κ2) is 6.47. The molecule has 0 saturated heterocycles. The van der Waals surface area contributed by atoms with Crippen LogP contribution < -0.4 is 5.32 Å². The van der Waals surface area contributed by atoms with Crippen molar-refractivity contribution in [3.8, 4) is 11.5 Å². The monoisotopic (exact) mass is 259 g/mol. The summed E-state index contributed by atoms with van der Waals surface area (Å²) >= 11 is 0. The van der Waals surface area contributed by atoms with E-state index in [9.17, 15) is 9.90 Å². The zero-order valence-corrected chi connectivity index (χ0v) is 10.9. The molecule has 1 aromatic carbocycles. The fourth-order valence-corrected chi connectivity index (χ4v) is 1.50. The normalized spacial score (nSPS) is 12.0. The highest BCUT2D eigenvalue weighted by Gasteiger charge is 2.16. The van der Waals surface area contributed by atoms with Crippen molar-refractivity contribution >= 4 is 18.2 Å². The molecule has 0 aliphatic heterocycles. The maximum atomic E-state index is 11.9. The van der Waals surface area contributed by atoms with E-state index in [1.165, 1.54) is 18.2 Å². The first-order chi connectivity index (χ1) is 7.41. The van der Waals surface area contributed by atoms with Crippen LogP contribution in [0.15, 0.2) is 18.2 Å². The third-order valence-electron chi connectivity index (χ3n) is 2.24. The van der Waals surface area contributed by atoms with Gasteiger partial charge in [-0.1, -0.05) is 13.8 Å². The standard InChI is InChI=1S/C12H17NO3.ClH/c1-7(2)13-8(3)12(16)9-4-5-10(14)11(15)6-9;/h4-8,13-15H,1-3H3;1H. The van der Waals surface area contributed by atoms with Gasteiger partial charge >= 0.3 is 0 Å². The first-order valence-electron chi connectivity index (χ1n) is 5.24. The Kier molecular flexibility index (Phi) is 5.99. The second-order valence-electron chi connectivity index (χ2n) is 4.11. The van der Waals surface area contributed by atoms with Gasteiger partial charge in [0, 0.05) is 11.6 Å². The average molecular weight is 260 g/mol. The van der Waals surface area contributed by atoms with Crippen LogP contribution in [0.2, 0.25) is 0 Å². The molecule has 17 heavy (non-hydrogen) atoms. The summed E-state index contributed by atoms with van der Waals surface area (Å²) in [6.07, 6.45) is 0. The van der Waals surface area contributed by atoms with Crippen LogP contribution in [0.25, 0.3) is 0 Å². The molecule has 1 atom stereocenters. The molecule has 1 unspecified atom stereocenters. The molecule has 0 fully saturated rings. The van der Waals surface area contributed by atoms with Crippen molar-refractivity contribution in [1.29, 1.82) is 0 Å². The Morgan fingerprint density at radius 1 is 1.18 bits per heavy atom. The average Bonchev–Trinajstić information content (AvgIpc) is 2.20. The van der Waals surface area contributed by atoms with Crippen molar-refractivity contribution in [2.45, 2.75) is 32.9 Å². The van der Waals surface area contributed by atoms with Crippen molar-refractivity contribution in [2.24, 2.45) is 0 Å². The van der Waals surface area contributed by atoms with Crippen LogP contribution in [0, 0.1) is 0 Å². The molecule has 0 saturated carbocycles. The van der Waals surface area contributed by atoms with Gasteiger partial charge in [-0.25, -0.2) is 0 Å². The molecule has 0 aromatic heterocycles. The summed E-state index contributed by atoms with van der Waals surface area (Å²) in [5.41, 5.74) is 0.385. The Labute approximate surface area is 107 Å². The summed E-state index contributed by atoms with van der Waals surface area (Å²) in [6.45, 7) is 5.68. The number of rotatable bonds is 4. The highest BCUT2D eigenvalue weighted by molar-refractivity contribution is 6.00. The number of hydrogen-bond acceptors (Lipinski definition) is 4. The summed E-state index contributed by atoms with van der Waals surface area (Å²) in [7, 11) is 0. The molecule has 1 aromatic rings. The Morgan fingerprint density at radius 3 is 2.24 bits per heavy atom. The minimum Gasteiger partial charge on any atom is -0.504 e. The van der Waals surface area contributed by atoms with Gasteiger partial charge < -0.3 is 15.5 Å². The summed E-state index contributed by atoms with van der Waals surface area (Å²) < 4.78 is 0. The van der Waals surface area contributed by atoms with E-state index >= 15 is 0 Å². The van der Waals surface area contributed by atoms with Gasteiger partial charge in [0.05, 0.1) is 6.04 Å². The molecule has 0 radical (unpaired) electrons. The molecule has 5 heteroatoms. The molecule has 3 N–H and O–H groups in total. The third-order valence-corrected chi connectivity index (χ3v) is 2.24. The fraction of sp³-hybridized carbons (Fsp3) is 0.417. The van der Waals surface area contributed by atoms with E-state index in [-0.39, 0.29) is 41.8 Å². The van der Waals surface area contributed by atoms with Gasteiger partial charge in [-0.3, -0.25) is 4.79 Å². The summed E-state index contributed by atoms with van der Waals surface area (Å²) in [5.74, 6) is -0.604. The molecular weight excluding hydrogens is 242 g/mol. The molecule has 0 spiro atoms. The molecule has 0 bridgehead atoms. The van der Waals surface area contributed by atoms with Gasteiger partial charge in [0.15, 0.2) is 17.3 Å². The van der Waals surface area contributed by atoms with Crippen LogP contribution >= 0.6 is 12.4 Å². The minimum absolute atomic E-state index is 0. The van der Waals surface area contributed by atoms with Crippen LogP contribution in [-0.2, 0) is 0 Å². The number of phenols is 2. The fourth-order valence-electron chi connectivity index (χ4n) is 1.50. The SMILES string of the molecule is CC(C)NC(C)C(=O)c1ccc(O)c(O)c1.Cl. The lowest BCUT2D eigenvalue weighted by atomic mass is 10.0. The molecule has 1 rings (SSSR count). The number of hydrogen-bond donors (Lipinski definition) is 3. The van der Waals surface area contributed by atoms with Crippen molar-refractivity contribution in [3.63, 3.8) is 0 Å². The van der Waals surface area contributed by atoms with Gasteiger partial charge in [0.25, 0.3) is 0 Å². The topological polar surface area (TPSA) is 69.6 Å². The van der Waals surface area contributed by atoms with Gasteiger partial charge in [-0.15, -0.1) is 12.4 Å². The summed E-state index contributed by atoms with van der Waals surface area (Å²) in [5, 5.41) is 21.5. The van der Waals surface area contributed by atoms with Crippen molar-refractivity contribution < 1.29 is 15.0 Å². The van der Waals surface area contributed by atoms with Crippen molar-refractivity contribution in [1.82, 2.24) is 5.32 Å². The van der Waals surface area contributed by atoms with E-state index in [0.717, 1.165) is 0 Å². The maximum Gasteiger partial charge on any atom is 0.179 e. The number of carbonyl (C=O) groups is 1. The molecule has 96 valence electrons. The van der Waals surface area contributed by atoms with Crippen molar-refractivity contribution in [3.05, 3.63) is 23.8 Å². The number of ketones is 1. The number of benzene rings is 1. The van der Waals surface area contributed by atoms with Crippen LogP contribution in [0.3, 0.4) is 0 Å². The van der Waals surface area contributed by atoms with Gasteiger partial charge in [0.2, 0.25) is 0 Å². The smallest absolute Gasteiger partial charge is 0.179 e. The number of Topliss-reactive ketones (excluding diaryl/α,β-unsaturated/α-hetero) is 1. The van der Waals surface area contributed by atoms with Gasteiger partial charge in [0.1, 0.15) is 0 Å². The summed E-state index contributed by atoms with van der Waals surface area (Å²) in [4.78, 5) is 11.9. The van der Waals surface area contributed by atoms with Crippen LogP contribution in [-0.4, -0.2) is 28.1 Å². The Hall–Kier alpha value is -1.26. The molecule has 0 aliphatic carbocycles. The van der Waals surface area contributed by atoms with Gasteiger partial charge in [-0.2, -0.15) is 0 Å². The van der Waals surface area contributed by atoms with Gasteiger partial charge in [-0.05, 0) is 25.1 Å². The molecule has 4 nitrogen and oxygen atoms in total. The lowest BCUT2D eigenvalue weighted by Gasteiger charge is -2.15. The second-order valence-corrected chi connectivity index (χ2v) is 4.11. The number of nitrogens with one attached hydrogen (secondary N) is 1. The number of carbonyl (C=O) groups excluding carboxylic acids is 1. The first-order valence-corrected chi connectivity index (χ1v) is 5.24. The number of phenolic OH excluding ortho intramolecular Hbond substituents is 2. The molecule has 0 aliphatic rings. The highest BCUT2D eigenvalue weighted by atomic mass is 35.5. The zero-order valence-electron chi connectivity index (χ0n) is 10.1. The van der Waals surface area contributed by atoms with Crippen LogP contribution in [0.1, 0.15) is 31.1 Å². The quantitative estimate of drug-likeness (QED) is 0.572. The Bertz CT molecular complexity index is 393. The van der Waals surface area contributed by atoms with Crippen LogP contribution in [0.5, 0.6) is 11.5 Å². The molecular formula is C12H18ClNO3. The lowest BCUT2D eigenvalue weighted by Crippen LogP contribution is -2.38. The van der Waals surface area contributed by atoms with E-state index in [4.69, 9.17) is 5.11 Å². The lowest BCUT2D eigenvalue weighted by molar-refractivity contribution is 0.0946. The summed E-state index contributed by atoms with van der Waals surface area (Å²) in [6, 6.07) is 3.98.